The Kier molecular flexibility index (Phi) is 4.29. The molecule has 1 aromatic rings. The van der Waals surface area contributed by atoms with E-state index in [1.54, 1.807) is 0 Å². The molecule has 1 aliphatic heterocycles. The summed E-state index contributed by atoms with van der Waals surface area (Å²) >= 11 is 0. The maximum atomic E-state index is 12.5. The summed E-state index contributed by atoms with van der Waals surface area (Å²) in [6, 6.07) is 8.84. The van der Waals surface area contributed by atoms with Crippen molar-refractivity contribution in [3.8, 4) is 0 Å². The highest BCUT2D eigenvalue weighted by atomic mass is 16.2. The lowest BCUT2D eigenvalue weighted by molar-refractivity contribution is -0.132. The fourth-order valence-corrected chi connectivity index (χ4v) is 4.08. The molecule has 3 heteroatoms. The first kappa shape index (κ1) is 14.6. The van der Waals surface area contributed by atoms with E-state index in [1.807, 2.05) is 0 Å². The lowest BCUT2D eigenvalue weighted by atomic mass is 9.81. The Hall–Kier alpha value is -1.35. The van der Waals surface area contributed by atoms with Crippen LogP contribution in [0.2, 0.25) is 0 Å². The number of benzene rings is 1. The lowest BCUT2D eigenvalue weighted by Crippen LogP contribution is -2.45. The highest BCUT2D eigenvalue weighted by Gasteiger charge is 2.40. The number of rotatable bonds is 3. The summed E-state index contributed by atoms with van der Waals surface area (Å²) in [5, 5.41) is 3.43. The van der Waals surface area contributed by atoms with Gasteiger partial charge in [0.05, 0.1) is 6.54 Å². The average Bonchev–Trinajstić information content (AvgIpc) is 2.89. The molecule has 3 nitrogen and oxygen atoms in total. The molecular formula is C18H26N2O. The standard InChI is InChI=1S/C18H26N2O/c1-3-14-9-5-7-11-16(14)20-17(21)12-19-18(20)15-10-6-4-8-13(15)2/h4,6,8,10,14,16,18-19H,3,5,7,9,11-12H2,1-2H3. The van der Waals surface area contributed by atoms with Crippen LogP contribution in [0.4, 0.5) is 0 Å². The molecule has 1 heterocycles. The zero-order valence-corrected chi connectivity index (χ0v) is 13.1. The topological polar surface area (TPSA) is 32.3 Å². The van der Waals surface area contributed by atoms with Crippen molar-refractivity contribution in [2.45, 2.75) is 58.2 Å². The molecule has 1 aromatic carbocycles. The molecule has 1 saturated heterocycles. The quantitative estimate of drug-likeness (QED) is 0.923. The van der Waals surface area contributed by atoms with Crippen molar-refractivity contribution in [3.05, 3.63) is 35.4 Å². The van der Waals surface area contributed by atoms with Crippen LogP contribution in [-0.2, 0) is 4.79 Å². The van der Waals surface area contributed by atoms with Gasteiger partial charge >= 0.3 is 0 Å². The molecule has 0 bridgehead atoms. The predicted molar refractivity (Wildman–Crippen MR) is 84.8 cm³/mol. The molecule has 3 atom stereocenters. The van der Waals surface area contributed by atoms with Crippen LogP contribution in [-0.4, -0.2) is 23.4 Å². The third-order valence-corrected chi connectivity index (χ3v) is 5.25. The number of carbonyl (C=O) groups excluding carboxylic acids is 1. The first-order valence-corrected chi connectivity index (χ1v) is 8.32. The van der Waals surface area contributed by atoms with Gasteiger partial charge in [0.1, 0.15) is 6.17 Å². The maximum absolute atomic E-state index is 12.5. The fourth-order valence-electron chi connectivity index (χ4n) is 4.08. The number of aryl methyl sites for hydroxylation is 1. The van der Waals surface area contributed by atoms with Gasteiger partial charge in [-0.25, -0.2) is 0 Å². The van der Waals surface area contributed by atoms with E-state index in [0.29, 0.717) is 18.5 Å². The van der Waals surface area contributed by atoms with Crippen molar-refractivity contribution in [2.75, 3.05) is 6.54 Å². The molecule has 21 heavy (non-hydrogen) atoms. The minimum Gasteiger partial charge on any atom is -0.319 e. The second-order valence-electron chi connectivity index (χ2n) is 6.46. The van der Waals surface area contributed by atoms with Gasteiger partial charge in [0, 0.05) is 6.04 Å². The fraction of sp³-hybridized carbons (Fsp3) is 0.611. The Bertz CT molecular complexity index is 514. The largest absolute Gasteiger partial charge is 0.319 e. The van der Waals surface area contributed by atoms with Gasteiger partial charge in [0.15, 0.2) is 0 Å². The molecular weight excluding hydrogens is 260 g/mol. The Balaban J connectivity index is 1.90. The first-order chi connectivity index (χ1) is 10.2. The molecule has 1 amide bonds. The van der Waals surface area contributed by atoms with Gasteiger partial charge in [-0.1, -0.05) is 50.5 Å². The summed E-state index contributed by atoms with van der Waals surface area (Å²) in [6.07, 6.45) is 6.25. The van der Waals surface area contributed by atoms with E-state index >= 15 is 0 Å². The van der Waals surface area contributed by atoms with E-state index in [-0.39, 0.29) is 12.1 Å². The van der Waals surface area contributed by atoms with Gasteiger partial charge in [-0.2, -0.15) is 0 Å². The van der Waals surface area contributed by atoms with Crippen molar-refractivity contribution in [1.29, 1.82) is 0 Å². The van der Waals surface area contributed by atoms with Gasteiger partial charge < -0.3 is 4.90 Å². The minimum absolute atomic E-state index is 0.0656. The van der Waals surface area contributed by atoms with Crippen molar-refractivity contribution in [3.63, 3.8) is 0 Å². The molecule has 2 aliphatic rings. The highest BCUT2D eigenvalue weighted by Crippen LogP contribution is 2.37. The number of hydrogen-bond acceptors (Lipinski definition) is 2. The van der Waals surface area contributed by atoms with Crippen molar-refractivity contribution >= 4 is 5.91 Å². The molecule has 3 rings (SSSR count). The second kappa shape index (κ2) is 6.18. The molecule has 114 valence electrons. The first-order valence-electron chi connectivity index (χ1n) is 8.32. The van der Waals surface area contributed by atoms with E-state index in [0.717, 1.165) is 6.42 Å². The van der Waals surface area contributed by atoms with E-state index in [1.165, 1.54) is 36.8 Å². The summed E-state index contributed by atoms with van der Waals surface area (Å²) in [7, 11) is 0. The third-order valence-electron chi connectivity index (χ3n) is 5.25. The molecule has 0 spiro atoms. The van der Waals surface area contributed by atoms with Gasteiger partial charge in [0.25, 0.3) is 0 Å². The molecule has 0 radical (unpaired) electrons. The summed E-state index contributed by atoms with van der Waals surface area (Å²) in [6.45, 7) is 4.88. The second-order valence-corrected chi connectivity index (χ2v) is 6.46. The number of amides is 1. The van der Waals surface area contributed by atoms with Crippen molar-refractivity contribution < 1.29 is 4.79 Å². The Morgan fingerprint density at radius 1 is 1.24 bits per heavy atom. The Morgan fingerprint density at radius 3 is 2.76 bits per heavy atom. The van der Waals surface area contributed by atoms with Gasteiger partial charge in [0.2, 0.25) is 5.91 Å². The van der Waals surface area contributed by atoms with E-state index < -0.39 is 0 Å². The zero-order valence-electron chi connectivity index (χ0n) is 13.1. The van der Waals surface area contributed by atoms with Gasteiger partial charge in [-0.3, -0.25) is 10.1 Å². The number of nitrogens with one attached hydrogen (secondary N) is 1. The smallest absolute Gasteiger partial charge is 0.238 e. The summed E-state index contributed by atoms with van der Waals surface area (Å²) < 4.78 is 0. The zero-order chi connectivity index (χ0) is 14.8. The molecule has 1 aliphatic carbocycles. The van der Waals surface area contributed by atoms with Crippen molar-refractivity contribution in [2.24, 2.45) is 5.92 Å². The monoisotopic (exact) mass is 286 g/mol. The van der Waals surface area contributed by atoms with Crippen LogP contribution in [0.3, 0.4) is 0 Å². The third kappa shape index (κ3) is 2.71. The normalized spacial score (nSPS) is 29.9. The van der Waals surface area contributed by atoms with Crippen LogP contribution < -0.4 is 5.32 Å². The lowest BCUT2D eigenvalue weighted by Gasteiger charge is -2.40. The van der Waals surface area contributed by atoms with Crippen LogP contribution in [0.15, 0.2) is 24.3 Å². The van der Waals surface area contributed by atoms with Gasteiger partial charge in [-0.15, -0.1) is 0 Å². The van der Waals surface area contributed by atoms with Gasteiger partial charge in [-0.05, 0) is 36.8 Å². The van der Waals surface area contributed by atoms with Crippen LogP contribution in [0.5, 0.6) is 0 Å². The van der Waals surface area contributed by atoms with Crippen molar-refractivity contribution in [1.82, 2.24) is 10.2 Å². The summed E-state index contributed by atoms with van der Waals surface area (Å²) in [5.74, 6) is 0.933. The molecule has 1 saturated carbocycles. The predicted octanol–water partition coefficient (Wildman–Crippen LogP) is 3.39. The molecule has 0 aromatic heterocycles. The number of nitrogens with zero attached hydrogens (tertiary/aromatic N) is 1. The highest BCUT2D eigenvalue weighted by molar-refractivity contribution is 5.81. The van der Waals surface area contributed by atoms with E-state index in [9.17, 15) is 4.79 Å². The molecule has 3 unspecified atom stereocenters. The van der Waals surface area contributed by atoms with Crippen LogP contribution in [0, 0.1) is 12.8 Å². The number of carbonyl (C=O) groups is 1. The van der Waals surface area contributed by atoms with E-state index in [4.69, 9.17) is 0 Å². The molecule has 1 N–H and O–H groups in total. The van der Waals surface area contributed by atoms with Crippen LogP contribution in [0.25, 0.3) is 0 Å². The van der Waals surface area contributed by atoms with E-state index in [2.05, 4.69) is 48.3 Å². The molecule has 2 fully saturated rings. The maximum Gasteiger partial charge on any atom is 0.238 e. The Labute approximate surface area is 127 Å². The average molecular weight is 286 g/mol. The van der Waals surface area contributed by atoms with Crippen LogP contribution in [0.1, 0.15) is 56.3 Å². The number of hydrogen-bond donors (Lipinski definition) is 1. The minimum atomic E-state index is 0.0656. The van der Waals surface area contributed by atoms with Crippen LogP contribution >= 0.6 is 0 Å². The summed E-state index contributed by atoms with van der Waals surface area (Å²) in [5.41, 5.74) is 2.52. The Morgan fingerprint density at radius 2 is 2.00 bits per heavy atom. The SMILES string of the molecule is CCC1CCCCC1N1C(=O)CNC1c1ccccc1C. The summed E-state index contributed by atoms with van der Waals surface area (Å²) in [4.78, 5) is 14.7.